The third-order valence-electron chi connectivity index (χ3n) is 5.80. The van der Waals surface area contributed by atoms with E-state index in [0.29, 0.717) is 17.9 Å². The predicted molar refractivity (Wildman–Crippen MR) is 134 cm³/mol. The van der Waals surface area contributed by atoms with Crippen molar-refractivity contribution in [3.05, 3.63) is 95.6 Å². The van der Waals surface area contributed by atoms with Crippen LogP contribution in [0.1, 0.15) is 35.5 Å². The van der Waals surface area contributed by atoms with Gasteiger partial charge in [-0.1, -0.05) is 6.07 Å². The Morgan fingerprint density at radius 2 is 1.91 bits per heavy atom. The molecule has 0 fully saturated rings. The van der Waals surface area contributed by atoms with Crippen molar-refractivity contribution < 1.29 is 4.79 Å². The van der Waals surface area contributed by atoms with Crippen LogP contribution in [-0.2, 0) is 11.3 Å². The molecule has 0 radical (unpaired) electrons. The van der Waals surface area contributed by atoms with Crippen LogP contribution in [0.2, 0.25) is 0 Å². The molecule has 5 heterocycles. The summed E-state index contributed by atoms with van der Waals surface area (Å²) in [6.45, 7) is 4.86. The quantitative estimate of drug-likeness (QED) is 0.402. The molecule has 0 aliphatic carbocycles. The number of amides is 1. The van der Waals surface area contributed by atoms with Gasteiger partial charge >= 0.3 is 0 Å². The first-order chi connectivity index (χ1) is 17.1. The van der Waals surface area contributed by atoms with E-state index in [9.17, 15) is 4.79 Å². The van der Waals surface area contributed by atoms with Gasteiger partial charge in [0.25, 0.3) is 5.91 Å². The standard InChI is InChI=1S/C26H24N8O/c1-17(31-14-19-6-9-27-10-7-19)24-18(2)33-22(25(24)21-5-3-4-8-29-21)13-20-15-32-34(26(20)35)23-16-28-11-12-30-23/h3-13,15-17,31,33H,14H2,1-2H3/b20-13+. The molecule has 0 aromatic carbocycles. The molecule has 4 aromatic heterocycles. The van der Waals surface area contributed by atoms with Crippen LogP contribution >= 0.6 is 0 Å². The number of nitrogens with one attached hydrogen (secondary N) is 2. The van der Waals surface area contributed by atoms with E-state index in [1.165, 1.54) is 17.4 Å². The molecule has 0 bridgehead atoms. The number of hydrogen-bond donors (Lipinski definition) is 2. The van der Waals surface area contributed by atoms with Crippen LogP contribution in [0, 0.1) is 6.92 Å². The minimum Gasteiger partial charge on any atom is -0.358 e. The number of carbonyl (C=O) groups is 1. The first-order valence-corrected chi connectivity index (χ1v) is 11.2. The molecule has 0 saturated heterocycles. The van der Waals surface area contributed by atoms with Gasteiger partial charge in [0.05, 0.1) is 23.7 Å². The summed E-state index contributed by atoms with van der Waals surface area (Å²) in [6, 6.07) is 9.82. The van der Waals surface area contributed by atoms with E-state index in [-0.39, 0.29) is 11.9 Å². The fourth-order valence-corrected chi connectivity index (χ4v) is 4.14. The second-order valence-corrected chi connectivity index (χ2v) is 8.15. The van der Waals surface area contributed by atoms with Crippen LogP contribution in [0.3, 0.4) is 0 Å². The van der Waals surface area contributed by atoms with Crippen molar-refractivity contribution in [1.82, 2.24) is 30.2 Å². The summed E-state index contributed by atoms with van der Waals surface area (Å²) >= 11 is 0. The number of hydrogen-bond acceptors (Lipinski definition) is 7. The maximum absolute atomic E-state index is 13.1. The van der Waals surface area contributed by atoms with Crippen molar-refractivity contribution in [2.24, 2.45) is 5.10 Å². The largest absolute Gasteiger partial charge is 0.358 e. The highest BCUT2D eigenvalue weighted by Gasteiger charge is 2.27. The van der Waals surface area contributed by atoms with Crippen molar-refractivity contribution in [3.63, 3.8) is 0 Å². The maximum Gasteiger partial charge on any atom is 0.281 e. The molecule has 1 aliphatic rings. The Balaban J connectivity index is 1.50. The second kappa shape index (κ2) is 9.78. The van der Waals surface area contributed by atoms with Crippen molar-refractivity contribution in [2.75, 3.05) is 5.01 Å². The van der Waals surface area contributed by atoms with E-state index in [2.05, 4.69) is 42.3 Å². The van der Waals surface area contributed by atoms with E-state index in [1.54, 1.807) is 31.0 Å². The zero-order valence-electron chi connectivity index (χ0n) is 19.4. The molecule has 9 nitrogen and oxygen atoms in total. The summed E-state index contributed by atoms with van der Waals surface area (Å²) in [5.74, 6) is 0.106. The first kappa shape index (κ1) is 22.3. The zero-order valence-corrected chi connectivity index (χ0v) is 19.4. The summed E-state index contributed by atoms with van der Waals surface area (Å²) in [6.07, 6.45) is 13.3. The van der Waals surface area contributed by atoms with Crippen LogP contribution in [0.25, 0.3) is 17.3 Å². The molecule has 174 valence electrons. The topological polar surface area (TPSA) is 112 Å². The number of aryl methyl sites for hydroxylation is 1. The van der Waals surface area contributed by atoms with Gasteiger partial charge in [-0.2, -0.15) is 10.1 Å². The molecule has 1 atom stereocenters. The van der Waals surface area contributed by atoms with E-state index in [1.807, 2.05) is 43.3 Å². The van der Waals surface area contributed by atoms with Crippen LogP contribution in [-0.4, -0.2) is 37.0 Å². The molecule has 1 aliphatic heterocycles. The highest BCUT2D eigenvalue weighted by molar-refractivity contribution is 6.25. The lowest BCUT2D eigenvalue weighted by molar-refractivity contribution is -0.114. The summed E-state index contributed by atoms with van der Waals surface area (Å²) in [7, 11) is 0. The fourth-order valence-electron chi connectivity index (χ4n) is 4.14. The number of aromatic nitrogens is 5. The van der Waals surface area contributed by atoms with E-state index < -0.39 is 0 Å². The Bertz CT molecular complexity index is 1380. The molecule has 1 amide bonds. The number of anilines is 1. The molecule has 9 heteroatoms. The lowest BCUT2D eigenvalue weighted by atomic mass is 9.98. The molecule has 0 saturated carbocycles. The number of aromatic amines is 1. The van der Waals surface area contributed by atoms with Crippen molar-refractivity contribution >= 4 is 24.0 Å². The van der Waals surface area contributed by atoms with Crippen LogP contribution < -0.4 is 10.3 Å². The molecule has 2 N–H and O–H groups in total. The lowest BCUT2D eigenvalue weighted by Gasteiger charge is -2.17. The smallest absolute Gasteiger partial charge is 0.281 e. The molecular formula is C26H24N8O. The van der Waals surface area contributed by atoms with Crippen LogP contribution in [0.4, 0.5) is 5.82 Å². The van der Waals surface area contributed by atoms with Crippen molar-refractivity contribution in [2.45, 2.75) is 26.4 Å². The van der Waals surface area contributed by atoms with Gasteiger partial charge in [0.2, 0.25) is 0 Å². The normalized spacial score (nSPS) is 15.2. The fraction of sp³-hybridized carbons (Fsp3) is 0.154. The number of carbonyl (C=O) groups excluding carboxylic acids is 1. The van der Waals surface area contributed by atoms with Gasteiger partial charge in [0, 0.05) is 60.5 Å². The molecule has 1 unspecified atom stereocenters. The third kappa shape index (κ3) is 4.62. The zero-order chi connectivity index (χ0) is 24.2. The van der Waals surface area contributed by atoms with E-state index in [0.717, 1.165) is 33.8 Å². The molecule has 4 aromatic rings. The Morgan fingerprint density at radius 3 is 2.66 bits per heavy atom. The predicted octanol–water partition coefficient (Wildman–Crippen LogP) is 3.84. The minimum atomic E-state index is -0.268. The van der Waals surface area contributed by atoms with Gasteiger partial charge in [-0.15, -0.1) is 0 Å². The van der Waals surface area contributed by atoms with Gasteiger partial charge < -0.3 is 10.3 Å². The Labute approximate surface area is 202 Å². The van der Waals surface area contributed by atoms with Gasteiger partial charge in [0.15, 0.2) is 5.82 Å². The Kier molecular flexibility index (Phi) is 6.23. The highest BCUT2D eigenvalue weighted by atomic mass is 16.2. The van der Waals surface area contributed by atoms with Gasteiger partial charge in [0.1, 0.15) is 0 Å². The first-order valence-electron chi connectivity index (χ1n) is 11.2. The summed E-state index contributed by atoms with van der Waals surface area (Å²) < 4.78 is 0. The van der Waals surface area contributed by atoms with E-state index >= 15 is 0 Å². The highest BCUT2D eigenvalue weighted by Crippen LogP contribution is 2.35. The number of nitrogens with zero attached hydrogens (tertiary/aromatic N) is 6. The minimum absolute atomic E-state index is 0.0209. The number of rotatable bonds is 7. The summed E-state index contributed by atoms with van der Waals surface area (Å²) in [5.41, 5.74) is 6.26. The Morgan fingerprint density at radius 1 is 1.06 bits per heavy atom. The number of pyridine rings is 2. The Hall–Kier alpha value is -4.50. The molecular weight excluding hydrogens is 440 g/mol. The number of H-pyrrole nitrogens is 1. The van der Waals surface area contributed by atoms with Gasteiger partial charge in [-0.05, 0) is 55.3 Å². The monoisotopic (exact) mass is 464 g/mol. The lowest BCUT2D eigenvalue weighted by Crippen LogP contribution is -2.22. The second-order valence-electron chi connectivity index (χ2n) is 8.15. The summed E-state index contributed by atoms with van der Waals surface area (Å²) in [4.78, 5) is 33.4. The van der Waals surface area contributed by atoms with Crippen LogP contribution in [0.15, 0.2) is 78.2 Å². The van der Waals surface area contributed by atoms with Crippen LogP contribution in [0.5, 0.6) is 0 Å². The average Bonchev–Trinajstić information content (AvgIpc) is 3.43. The SMILES string of the molecule is Cc1[nH]c(/C=C2\C=NN(c3cnccn3)C2=O)c(-c2ccccn2)c1C(C)NCc1ccncc1. The van der Waals surface area contributed by atoms with Crippen molar-refractivity contribution in [1.29, 1.82) is 0 Å². The van der Waals surface area contributed by atoms with Gasteiger partial charge in [-0.25, -0.2) is 4.98 Å². The van der Waals surface area contributed by atoms with E-state index in [4.69, 9.17) is 0 Å². The third-order valence-corrected chi connectivity index (χ3v) is 5.80. The van der Waals surface area contributed by atoms with Gasteiger partial charge in [-0.3, -0.25) is 19.7 Å². The average molecular weight is 465 g/mol. The van der Waals surface area contributed by atoms with Crippen molar-refractivity contribution in [3.8, 4) is 11.3 Å². The molecule has 35 heavy (non-hydrogen) atoms. The summed E-state index contributed by atoms with van der Waals surface area (Å²) in [5, 5.41) is 9.08. The molecule has 5 rings (SSSR count). The molecule has 0 spiro atoms. The number of hydrazone groups is 1. The maximum atomic E-state index is 13.1.